The van der Waals surface area contributed by atoms with Gasteiger partial charge in [0.05, 0.1) is 22.9 Å². The number of carbonyl (C=O) groups excluding carboxylic acids is 1. The maximum atomic E-state index is 13.3. The molecule has 8 heteroatoms. The number of halogens is 1. The molecule has 3 aromatic heterocycles. The van der Waals surface area contributed by atoms with Crippen LogP contribution in [0.5, 0.6) is 0 Å². The van der Waals surface area contributed by atoms with Crippen molar-refractivity contribution in [2.75, 3.05) is 5.43 Å². The standard InChI is InChI=1S/C21H15FN6O/c22-15-7-9-16(10-8-15)28-21(26-11-3-4-12-26)17(13-24-28)20(29)25-27-14-23-18-5-1-2-6-19(18)27/h1-14H,(H,25,29). The lowest BCUT2D eigenvalue weighted by Crippen LogP contribution is -2.23. The number of nitrogens with one attached hydrogen (secondary N) is 1. The number of rotatable bonds is 4. The fourth-order valence-corrected chi connectivity index (χ4v) is 3.22. The van der Waals surface area contributed by atoms with E-state index in [0.29, 0.717) is 17.1 Å². The number of hydrogen-bond donors (Lipinski definition) is 1. The highest BCUT2D eigenvalue weighted by molar-refractivity contribution is 6.03. The van der Waals surface area contributed by atoms with Crippen LogP contribution in [0.1, 0.15) is 10.4 Å². The SMILES string of the molecule is O=C(Nn1cnc2ccccc21)c1cnn(-c2ccc(F)cc2)c1-n1cccc1. The fourth-order valence-electron chi connectivity index (χ4n) is 3.22. The molecular formula is C21H15FN6O. The molecule has 0 aliphatic carbocycles. The normalized spacial score (nSPS) is 11.1. The molecule has 0 unspecified atom stereocenters. The zero-order valence-corrected chi connectivity index (χ0v) is 15.1. The summed E-state index contributed by atoms with van der Waals surface area (Å²) in [5.74, 6) is -0.137. The van der Waals surface area contributed by atoms with Crippen LogP contribution in [0.2, 0.25) is 0 Å². The van der Waals surface area contributed by atoms with Gasteiger partial charge in [-0.2, -0.15) is 5.10 Å². The average Bonchev–Trinajstić information content (AvgIpc) is 3.48. The molecule has 5 rings (SSSR count). The van der Waals surface area contributed by atoms with Crippen molar-refractivity contribution < 1.29 is 9.18 Å². The number of carbonyl (C=O) groups is 1. The van der Waals surface area contributed by atoms with Gasteiger partial charge < -0.3 is 4.57 Å². The van der Waals surface area contributed by atoms with E-state index < -0.39 is 0 Å². The molecular weight excluding hydrogens is 371 g/mol. The Morgan fingerprint density at radius 3 is 2.52 bits per heavy atom. The summed E-state index contributed by atoms with van der Waals surface area (Å²) in [6, 6.07) is 17.2. The van der Waals surface area contributed by atoms with Crippen molar-refractivity contribution in [3.8, 4) is 11.5 Å². The van der Waals surface area contributed by atoms with Crippen molar-refractivity contribution in [3.05, 3.63) is 97.0 Å². The Hall–Kier alpha value is -4.20. The molecule has 2 aromatic carbocycles. The van der Waals surface area contributed by atoms with Crippen molar-refractivity contribution >= 4 is 16.9 Å². The maximum Gasteiger partial charge on any atom is 0.275 e. The van der Waals surface area contributed by atoms with E-state index in [-0.39, 0.29) is 11.7 Å². The molecule has 7 nitrogen and oxygen atoms in total. The lowest BCUT2D eigenvalue weighted by atomic mass is 10.3. The van der Waals surface area contributed by atoms with Crippen LogP contribution in [0.15, 0.2) is 85.6 Å². The van der Waals surface area contributed by atoms with Crippen LogP contribution < -0.4 is 5.43 Å². The summed E-state index contributed by atoms with van der Waals surface area (Å²) < 4.78 is 18.3. The van der Waals surface area contributed by atoms with Crippen molar-refractivity contribution in [1.29, 1.82) is 0 Å². The molecule has 0 spiro atoms. The van der Waals surface area contributed by atoms with E-state index in [1.54, 1.807) is 32.4 Å². The molecule has 1 N–H and O–H groups in total. The van der Waals surface area contributed by atoms with Gasteiger partial charge in [0, 0.05) is 12.4 Å². The molecule has 0 atom stereocenters. The van der Waals surface area contributed by atoms with E-state index in [4.69, 9.17) is 0 Å². The highest BCUT2D eigenvalue weighted by Gasteiger charge is 2.20. The second-order valence-electron chi connectivity index (χ2n) is 6.40. The highest BCUT2D eigenvalue weighted by Crippen LogP contribution is 2.21. The highest BCUT2D eigenvalue weighted by atomic mass is 19.1. The number of imidazole rings is 1. The van der Waals surface area contributed by atoms with Crippen molar-refractivity contribution in [3.63, 3.8) is 0 Å². The molecule has 1 amide bonds. The van der Waals surface area contributed by atoms with Crippen molar-refractivity contribution in [2.45, 2.75) is 0 Å². The van der Waals surface area contributed by atoms with Crippen LogP contribution in [0, 0.1) is 5.82 Å². The van der Waals surface area contributed by atoms with Gasteiger partial charge in [-0.3, -0.25) is 10.2 Å². The molecule has 0 radical (unpaired) electrons. The van der Waals surface area contributed by atoms with Gasteiger partial charge in [-0.15, -0.1) is 0 Å². The second kappa shape index (κ2) is 6.75. The van der Waals surface area contributed by atoms with Gasteiger partial charge >= 0.3 is 0 Å². The van der Waals surface area contributed by atoms with Crippen LogP contribution in [-0.4, -0.2) is 29.9 Å². The number of hydrogen-bond acceptors (Lipinski definition) is 3. The monoisotopic (exact) mass is 386 g/mol. The minimum atomic E-state index is -0.342. The van der Waals surface area contributed by atoms with Gasteiger partial charge in [0.2, 0.25) is 0 Å². The van der Waals surface area contributed by atoms with E-state index in [2.05, 4.69) is 15.5 Å². The summed E-state index contributed by atoms with van der Waals surface area (Å²) in [4.78, 5) is 17.4. The van der Waals surface area contributed by atoms with E-state index in [1.165, 1.54) is 18.3 Å². The van der Waals surface area contributed by atoms with E-state index in [1.807, 2.05) is 48.8 Å². The Kier molecular flexibility index (Phi) is 3.94. The predicted molar refractivity (Wildman–Crippen MR) is 106 cm³/mol. The van der Waals surface area contributed by atoms with Gasteiger partial charge in [-0.05, 0) is 48.5 Å². The smallest absolute Gasteiger partial charge is 0.275 e. The van der Waals surface area contributed by atoms with Crippen LogP contribution in [0.4, 0.5) is 4.39 Å². The molecule has 0 saturated carbocycles. The molecule has 0 aliphatic rings. The molecule has 0 bridgehead atoms. The number of benzene rings is 2. The zero-order chi connectivity index (χ0) is 19.8. The Morgan fingerprint density at radius 2 is 1.72 bits per heavy atom. The van der Waals surface area contributed by atoms with Crippen LogP contribution in [0.25, 0.3) is 22.5 Å². The quantitative estimate of drug-likeness (QED) is 0.514. The van der Waals surface area contributed by atoms with Gasteiger partial charge in [0.25, 0.3) is 5.91 Å². The van der Waals surface area contributed by atoms with Gasteiger partial charge in [0.15, 0.2) is 5.82 Å². The first-order valence-electron chi connectivity index (χ1n) is 8.91. The van der Waals surface area contributed by atoms with Crippen molar-refractivity contribution in [2.24, 2.45) is 0 Å². The third-order valence-electron chi connectivity index (χ3n) is 4.58. The number of aromatic nitrogens is 5. The molecule has 29 heavy (non-hydrogen) atoms. The van der Waals surface area contributed by atoms with E-state index in [0.717, 1.165) is 11.0 Å². The van der Waals surface area contributed by atoms with E-state index >= 15 is 0 Å². The number of para-hydroxylation sites is 2. The van der Waals surface area contributed by atoms with Gasteiger partial charge in [0.1, 0.15) is 17.7 Å². The predicted octanol–water partition coefficient (Wildman–Crippen LogP) is 3.54. The summed E-state index contributed by atoms with van der Waals surface area (Å²) >= 11 is 0. The average molecular weight is 386 g/mol. The second-order valence-corrected chi connectivity index (χ2v) is 6.40. The lowest BCUT2D eigenvalue weighted by molar-refractivity contribution is 0.101. The largest absolute Gasteiger partial charge is 0.308 e. The van der Waals surface area contributed by atoms with Crippen LogP contribution in [-0.2, 0) is 0 Å². The summed E-state index contributed by atoms with van der Waals surface area (Å²) in [5.41, 5.74) is 5.42. The first kappa shape index (κ1) is 16.9. The van der Waals surface area contributed by atoms with Crippen LogP contribution >= 0.6 is 0 Å². The summed E-state index contributed by atoms with van der Waals surface area (Å²) in [6.45, 7) is 0. The minimum Gasteiger partial charge on any atom is -0.308 e. The first-order valence-corrected chi connectivity index (χ1v) is 8.91. The molecule has 3 heterocycles. The third-order valence-corrected chi connectivity index (χ3v) is 4.58. The van der Waals surface area contributed by atoms with E-state index in [9.17, 15) is 9.18 Å². The van der Waals surface area contributed by atoms with Crippen LogP contribution in [0.3, 0.4) is 0 Å². The number of amides is 1. The zero-order valence-electron chi connectivity index (χ0n) is 15.1. The fraction of sp³-hybridized carbons (Fsp3) is 0. The van der Waals surface area contributed by atoms with Crippen molar-refractivity contribution in [1.82, 2.24) is 24.0 Å². The molecule has 0 fully saturated rings. The summed E-state index contributed by atoms with van der Waals surface area (Å²) in [5, 5.41) is 4.37. The summed E-state index contributed by atoms with van der Waals surface area (Å²) in [7, 11) is 0. The maximum absolute atomic E-state index is 13.3. The first-order chi connectivity index (χ1) is 14.2. The third kappa shape index (κ3) is 2.96. The molecule has 142 valence electrons. The van der Waals surface area contributed by atoms with Gasteiger partial charge in [-0.1, -0.05) is 12.1 Å². The summed E-state index contributed by atoms with van der Waals surface area (Å²) in [6.07, 6.45) is 6.69. The molecule has 0 saturated heterocycles. The Bertz CT molecular complexity index is 1300. The molecule has 0 aliphatic heterocycles. The lowest BCUT2D eigenvalue weighted by Gasteiger charge is -2.12. The Morgan fingerprint density at radius 1 is 0.966 bits per heavy atom. The van der Waals surface area contributed by atoms with Gasteiger partial charge in [-0.25, -0.2) is 18.7 Å². The Balaban J connectivity index is 1.57. The minimum absolute atomic E-state index is 0.339. The number of fused-ring (bicyclic) bond motifs is 1. The Labute approximate surface area is 164 Å². The number of nitrogens with zero attached hydrogens (tertiary/aromatic N) is 5. The topological polar surface area (TPSA) is 69.7 Å². The molecule has 5 aromatic rings.